The van der Waals surface area contributed by atoms with Crippen LogP contribution in [0.4, 0.5) is 0 Å². The molecular formula is C20H25NO5. The molecule has 1 unspecified atom stereocenters. The highest BCUT2D eigenvalue weighted by Gasteiger charge is 2.41. The summed E-state index contributed by atoms with van der Waals surface area (Å²) in [5.74, 6) is 1.14. The number of amides is 1. The van der Waals surface area contributed by atoms with Crippen molar-refractivity contribution in [1.29, 1.82) is 0 Å². The van der Waals surface area contributed by atoms with Crippen molar-refractivity contribution >= 4 is 11.7 Å². The molecule has 0 bridgehead atoms. The summed E-state index contributed by atoms with van der Waals surface area (Å²) >= 11 is 0. The Morgan fingerprint density at radius 2 is 1.69 bits per heavy atom. The number of carbonyl (C=O) groups is 2. The molecule has 1 aromatic carbocycles. The van der Waals surface area contributed by atoms with Gasteiger partial charge in [0, 0.05) is 35.6 Å². The molecule has 0 saturated carbocycles. The van der Waals surface area contributed by atoms with E-state index in [4.69, 9.17) is 14.2 Å². The average Bonchev–Trinajstić information content (AvgIpc) is 2.57. The summed E-state index contributed by atoms with van der Waals surface area (Å²) in [6, 6.07) is 3.63. The topological polar surface area (TPSA) is 73.9 Å². The van der Waals surface area contributed by atoms with Gasteiger partial charge < -0.3 is 19.5 Å². The number of hydrogen-bond donors (Lipinski definition) is 1. The molecule has 1 heterocycles. The van der Waals surface area contributed by atoms with E-state index in [0.717, 1.165) is 11.3 Å². The summed E-state index contributed by atoms with van der Waals surface area (Å²) in [5, 5.41) is 2.92. The van der Waals surface area contributed by atoms with Crippen molar-refractivity contribution in [3.63, 3.8) is 0 Å². The maximum atomic E-state index is 12.9. The van der Waals surface area contributed by atoms with Gasteiger partial charge in [-0.25, -0.2) is 0 Å². The highest BCUT2D eigenvalue weighted by molar-refractivity contribution is 6.02. The number of rotatable bonds is 4. The van der Waals surface area contributed by atoms with E-state index in [1.54, 1.807) is 20.3 Å². The predicted molar refractivity (Wildman–Crippen MR) is 96.6 cm³/mol. The molecule has 1 aliphatic heterocycles. The van der Waals surface area contributed by atoms with E-state index in [2.05, 4.69) is 5.32 Å². The summed E-state index contributed by atoms with van der Waals surface area (Å²) in [5.41, 5.74) is 2.03. The van der Waals surface area contributed by atoms with Crippen molar-refractivity contribution in [1.82, 2.24) is 5.32 Å². The number of hydrogen-bond acceptors (Lipinski definition) is 5. The molecule has 6 nitrogen and oxygen atoms in total. The van der Waals surface area contributed by atoms with Gasteiger partial charge in [-0.3, -0.25) is 9.59 Å². The Bertz CT molecular complexity index is 794. The van der Waals surface area contributed by atoms with Crippen molar-refractivity contribution in [2.75, 3.05) is 21.3 Å². The van der Waals surface area contributed by atoms with Gasteiger partial charge in [0.2, 0.25) is 11.7 Å². The summed E-state index contributed by atoms with van der Waals surface area (Å²) in [6.07, 6.45) is 1.34. The molecule has 3 rings (SSSR count). The lowest BCUT2D eigenvalue weighted by molar-refractivity contribution is -0.122. The van der Waals surface area contributed by atoms with Crippen LogP contribution >= 0.6 is 0 Å². The lowest BCUT2D eigenvalue weighted by Crippen LogP contribution is -2.40. The molecule has 140 valence electrons. The van der Waals surface area contributed by atoms with Crippen molar-refractivity contribution in [3.8, 4) is 17.2 Å². The fourth-order valence-electron chi connectivity index (χ4n) is 4.02. The Balaban J connectivity index is 2.17. The van der Waals surface area contributed by atoms with Crippen LogP contribution in [0.15, 0.2) is 23.4 Å². The number of methoxy groups -OCH3 is 3. The van der Waals surface area contributed by atoms with Gasteiger partial charge >= 0.3 is 0 Å². The monoisotopic (exact) mass is 359 g/mol. The molecule has 0 saturated heterocycles. The summed E-state index contributed by atoms with van der Waals surface area (Å²) in [7, 11) is 4.64. The van der Waals surface area contributed by atoms with Gasteiger partial charge in [-0.05, 0) is 17.9 Å². The van der Waals surface area contributed by atoms with Crippen LogP contribution in [0.25, 0.3) is 0 Å². The zero-order valence-electron chi connectivity index (χ0n) is 15.9. The third-order valence-corrected chi connectivity index (χ3v) is 5.06. The second kappa shape index (κ2) is 6.67. The first kappa shape index (κ1) is 18.3. The van der Waals surface area contributed by atoms with E-state index < -0.39 is 0 Å². The van der Waals surface area contributed by atoms with E-state index >= 15 is 0 Å². The Morgan fingerprint density at radius 1 is 1.00 bits per heavy atom. The van der Waals surface area contributed by atoms with E-state index in [-0.39, 0.29) is 29.4 Å². The molecule has 0 spiro atoms. The minimum absolute atomic E-state index is 0.0816. The zero-order valence-corrected chi connectivity index (χ0v) is 15.9. The quantitative estimate of drug-likeness (QED) is 0.895. The maximum Gasteiger partial charge on any atom is 0.225 e. The molecular weight excluding hydrogens is 334 g/mol. The first-order chi connectivity index (χ1) is 12.3. The first-order valence-corrected chi connectivity index (χ1v) is 8.66. The van der Waals surface area contributed by atoms with E-state index in [1.165, 1.54) is 7.11 Å². The highest BCUT2D eigenvalue weighted by Crippen LogP contribution is 2.49. The van der Waals surface area contributed by atoms with Crippen LogP contribution in [-0.2, 0) is 9.59 Å². The van der Waals surface area contributed by atoms with Crippen LogP contribution in [0.1, 0.15) is 44.6 Å². The number of allylic oxidation sites excluding steroid dienone is 2. The van der Waals surface area contributed by atoms with Gasteiger partial charge in [-0.15, -0.1) is 0 Å². The van der Waals surface area contributed by atoms with Gasteiger partial charge in [0.1, 0.15) is 0 Å². The lowest BCUT2D eigenvalue weighted by Gasteiger charge is -2.38. The molecule has 1 atom stereocenters. The van der Waals surface area contributed by atoms with Crippen molar-refractivity contribution in [2.24, 2.45) is 5.41 Å². The van der Waals surface area contributed by atoms with Gasteiger partial charge in [0.15, 0.2) is 17.3 Å². The number of nitrogens with one attached hydrogen (secondary N) is 1. The summed E-state index contributed by atoms with van der Waals surface area (Å²) in [4.78, 5) is 25.2. The second-order valence-corrected chi connectivity index (χ2v) is 7.56. The largest absolute Gasteiger partial charge is 0.493 e. The number of Topliss-reactive ketones (excluding diaryl/α,β-unsaturated/α-hetero) is 1. The Morgan fingerprint density at radius 3 is 2.31 bits per heavy atom. The third kappa shape index (κ3) is 3.04. The maximum absolute atomic E-state index is 12.9. The van der Waals surface area contributed by atoms with E-state index in [1.807, 2.05) is 19.9 Å². The highest BCUT2D eigenvalue weighted by atomic mass is 16.5. The zero-order chi connectivity index (χ0) is 19.1. The molecule has 0 fully saturated rings. The number of benzene rings is 1. The van der Waals surface area contributed by atoms with Crippen LogP contribution in [0.2, 0.25) is 0 Å². The Hall–Kier alpha value is -2.50. The van der Waals surface area contributed by atoms with Gasteiger partial charge in [-0.1, -0.05) is 19.9 Å². The normalized spacial score (nSPS) is 21.8. The second-order valence-electron chi connectivity index (χ2n) is 7.56. The van der Waals surface area contributed by atoms with Crippen LogP contribution in [0.3, 0.4) is 0 Å². The van der Waals surface area contributed by atoms with Gasteiger partial charge in [0.25, 0.3) is 0 Å². The van der Waals surface area contributed by atoms with E-state index in [9.17, 15) is 9.59 Å². The standard InChI is InChI=1S/C20H25NO5/c1-20(2)9-13-17(14(22)10-20)12(8-16(23)21-13)11-6-7-15(24-3)19(26-5)18(11)25-4/h6-7,12H,8-10H2,1-5H3,(H,21,23). The molecule has 1 N–H and O–H groups in total. The van der Waals surface area contributed by atoms with Crippen LogP contribution < -0.4 is 19.5 Å². The Labute approximate surface area is 153 Å². The summed E-state index contributed by atoms with van der Waals surface area (Å²) < 4.78 is 16.4. The Kier molecular flexibility index (Phi) is 4.69. The fraction of sp³-hybridized carbons (Fsp3) is 0.500. The van der Waals surface area contributed by atoms with Crippen molar-refractivity contribution in [3.05, 3.63) is 29.0 Å². The fourth-order valence-corrected chi connectivity index (χ4v) is 4.02. The minimum atomic E-state index is -0.350. The summed E-state index contributed by atoms with van der Waals surface area (Å²) in [6.45, 7) is 4.09. The molecule has 26 heavy (non-hydrogen) atoms. The molecule has 2 aliphatic rings. The van der Waals surface area contributed by atoms with E-state index in [0.29, 0.717) is 35.7 Å². The number of ether oxygens (including phenoxy) is 3. The first-order valence-electron chi connectivity index (χ1n) is 8.66. The number of ketones is 1. The SMILES string of the molecule is COc1ccc(C2CC(=O)NC3=C2C(=O)CC(C)(C)C3)c(OC)c1OC. The number of carbonyl (C=O) groups excluding carboxylic acids is 2. The van der Waals surface area contributed by atoms with Crippen LogP contribution in [0, 0.1) is 5.41 Å². The molecule has 1 amide bonds. The minimum Gasteiger partial charge on any atom is -0.493 e. The van der Waals surface area contributed by atoms with Gasteiger partial charge in [0.05, 0.1) is 21.3 Å². The van der Waals surface area contributed by atoms with Crippen molar-refractivity contribution < 1.29 is 23.8 Å². The smallest absolute Gasteiger partial charge is 0.225 e. The van der Waals surface area contributed by atoms with Crippen molar-refractivity contribution in [2.45, 2.75) is 39.0 Å². The molecule has 0 radical (unpaired) electrons. The molecule has 6 heteroatoms. The molecule has 1 aliphatic carbocycles. The van der Waals surface area contributed by atoms with Crippen LogP contribution in [-0.4, -0.2) is 33.0 Å². The predicted octanol–water partition coefficient (Wildman–Crippen LogP) is 2.96. The van der Waals surface area contributed by atoms with Gasteiger partial charge in [-0.2, -0.15) is 0 Å². The average molecular weight is 359 g/mol. The third-order valence-electron chi connectivity index (χ3n) is 5.06. The van der Waals surface area contributed by atoms with Crippen LogP contribution in [0.5, 0.6) is 17.2 Å². The lowest BCUT2D eigenvalue weighted by atomic mass is 9.69. The molecule has 1 aromatic rings. The molecule has 0 aromatic heterocycles.